The van der Waals surface area contributed by atoms with E-state index in [4.69, 9.17) is 0 Å². The van der Waals surface area contributed by atoms with E-state index in [-0.39, 0.29) is 0 Å². The van der Waals surface area contributed by atoms with E-state index in [9.17, 15) is 0 Å². The van der Waals surface area contributed by atoms with Crippen molar-refractivity contribution in [2.75, 3.05) is 0 Å². The summed E-state index contributed by atoms with van der Waals surface area (Å²) < 4.78 is 0. The average Bonchev–Trinajstić information content (AvgIpc) is 2.73. The van der Waals surface area contributed by atoms with Gasteiger partial charge in [-0.15, -0.1) is 0 Å². The summed E-state index contributed by atoms with van der Waals surface area (Å²) in [7, 11) is 1.73. The number of hydrogen-bond acceptors (Lipinski definition) is 0. The van der Waals surface area contributed by atoms with E-state index in [2.05, 4.69) is 103 Å². The number of benzene rings is 4. The van der Waals surface area contributed by atoms with Gasteiger partial charge < -0.3 is 0 Å². The molecular formula is C25H22Si2. The van der Waals surface area contributed by atoms with Gasteiger partial charge in [0, 0.05) is 0 Å². The molecule has 130 valence electrons. The van der Waals surface area contributed by atoms with E-state index in [1.807, 2.05) is 0 Å². The summed E-state index contributed by atoms with van der Waals surface area (Å²) in [5.74, 6) is 0. The van der Waals surface area contributed by atoms with E-state index >= 15 is 0 Å². The van der Waals surface area contributed by atoms with E-state index in [1.54, 1.807) is 0 Å². The van der Waals surface area contributed by atoms with Crippen molar-refractivity contribution < 1.29 is 0 Å². The molecule has 0 N–H and O–H groups in total. The molecule has 4 aromatic rings. The lowest BCUT2D eigenvalue weighted by atomic mass is 10.0. The molecule has 0 atom stereocenters. The molecule has 0 saturated carbocycles. The van der Waals surface area contributed by atoms with E-state index < -0.39 is 0 Å². The molecule has 0 aliphatic heterocycles. The van der Waals surface area contributed by atoms with Crippen LogP contribution in [0.2, 0.25) is 5.16 Å². The molecule has 0 aliphatic carbocycles. The van der Waals surface area contributed by atoms with Gasteiger partial charge in [0.05, 0.1) is 19.0 Å². The average molecular weight is 379 g/mol. The van der Waals surface area contributed by atoms with Crippen LogP contribution < -0.4 is 10.4 Å². The van der Waals surface area contributed by atoms with Crippen LogP contribution in [-0.2, 0) is 6.42 Å². The number of hydrogen-bond donors (Lipinski definition) is 0. The second-order valence-electron chi connectivity index (χ2n) is 6.79. The molecule has 0 spiro atoms. The van der Waals surface area contributed by atoms with Gasteiger partial charge in [0.25, 0.3) is 0 Å². The molecule has 2 heteroatoms. The van der Waals surface area contributed by atoms with E-state index in [1.165, 1.54) is 33.1 Å². The van der Waals surface area contributed by atoms with Crippen LogP contribution in [0.25, 0.3) is 10.8 Å². The van der Waals surface area contributed by atoms with E-state index in [0.29, 0.717) is 5.16 Å². The standard InChI is InChI=1S/C25H22Si2/c1-3-11-23(12-4-1)26-25(27-24-13-5-2-6-14-24)18-16-20-15-17-21-9-7-8-10-22(21)19-20/h1-15,17,19,25H,16,18H2. The monoisotopic (exact) mass is 378 g/mol. The van der Waals surface area contributed by atoms with Gasteiger partial charge in [0.15, 0.2) is 0 Å². The first kappa shape index (κ1) is 18.0. The Labute approximate surface area is 166 Å². The van der Waals surface area contributed by atoms with Crippen molar-refractivity contribution in [1.82, 2.24) is 0 Å². The predicted octanol–water partition coefficient (Wildman–Crippen LogP) is 4.58. The second kappa shape index (κ2) is 8.98. The fraction of sp³-hybridized carbons (Fsp3) is 0.120. The molecule has 0 bridgehead atoms. The maximum atomic E-state index is 2.36. The van der Waals surface area contributed by atoms with Crippen molar-refractivity contribution in [1.29, 1.82) is 0 Å². The van der Waals surface area contributed by atoms with Gasteiger partial charge in [-0.3, -0.25) is 0 Å². The first-order chi connectivity index (χ1) is 13.4. The fourth-order valence-corrected chi connectivity index (χ4v) is 6.80. The lowest BCUT2D eigenvalue weighted by Crippen LogP contribution is -2.29. The Morgan fingerprint density at radius 2 is 1.11 bits per heavy atom. The highest BCUT2D eigenvalue weighted by Crippen LogP contribution is 2.19. The predicted molar refractivity (Wildman–Crippen MR) is 120 cm³/mol. The largest absolute Gasteiger partial charge is 0.0811 e. The summed E-state index contributed by atoms with van der Waals surface area (Å²) in [6, 6.07) is 37.5. The molecule has 0 heterocycles. The molecule has 0 saturated heterocycles. The molecule has 0 amide bonds. The van der Waals surface area contributed by atoms with Gasteiger partial charge in [0.1, 0.15) is 0 Å². The third kappa shape index (κ3) is 5.06. The second-order valence-corrected chi connectivity index (χ2v) is 10.5. The van der Waals surface area contributed by atoms with Gasteiger partial charge in [-0.1, -0.05) is 120 Å². The zero-order valence-corrected chi connectivity index (χ0v) is 17.3. The number of fused-ring (bicyclic) bond motifs is 1. The lowest BCUT2D eigenvalue weighted by molar-refractivity contribution is 0.878. The molecule has 0 aliphatic rings. The Morgan fingerprint density at radius 3 is 1.74 bits per heavy atom. The third-order valence-electron chi connectivity index (χ3n) is 4.76. The van der Waals surface area contributed by atoms with Gasteiger partial charge in [-0.25, -0.2) is 0 Å². The SMILES string of the molecule is c1ccc([Si]C(CCc2ccc3ccccc3c2)[Si]c2ccccc2)cc1. The zero-order valence-electron chi connectivity index (χ0n) is 15.3. The zero-order chi connectivity index (χ0) is 18.3. The fourth-order valence-electron chi connectivity index (χ4n) is 3.36. The summed E-state index contributed by atoms with van der Waals surface area (Å²) >= 11 is 0. The van der Waals surface area contributed by atoms with Crippen molar-refractivity contribution in [3.05, 3.63) is 109 Å². The molecule has 27 heavy (non-hydrogen) atoms. The first-order valence-electron chi connectivity index (χ1n) is 9.48. The summed E-state index contributed by atoms with van der Waals surface area (Å²) in [4.78, 5) is 0. The Hall–Kier alpha value is -2.43. The molecule has 0 nitrogen and oxygen atoms in total. The first-order valence-corrected chi connectivity index (χ1v) is 11.6. The Balaban J connectivity index is 1.48. The number of aryl methyl sites for hydroxylation is 1. The van der Waals surface area contributed by atoms with E-state index in [0.717, 1.165) is 25.5 Å². The lowest BCUT2D eigenvalue weighted by Gasteiger charge is -2.16. The van der Waals surface area contributed by atoms with Gasteiger partial charge in [-0.2, -0.15) is 0 Å². The van der Waals surface area contributed by atoms with Gasteiger partial charge in [0.2, 0.25) is 0 Å². The topological polar surface area (TPSA) is 0 Å². The Kier molecular flexibility index (Phi) is 5.97. The highest BCUT2D eigenvalue weighted by atomic mass is 28.3. The van der Waals surface area contributed by atoms with Crippen LogP contribution in [-0.4, -0.2) is 19.0 Å². The van der Waals surface area contributed by atoms with Crippen LogP contribution in [0.15, 0.2) is 103 Å². The van der Waals surface area contributed by atoms with Crippen LogP contribution in [0.4, 0.5) is 0 Å². The van der Waals surface area contributed by atoms with Crippen molar-refractivity contribution in [3.63, 3.8) is 0 Å². The highest BCUT2D eigenvalue weighted by molar-refractivity contribution is 6.73. The molecule has 0 aromatic heterocycles. The Bertz CT molecular complexity index is 939. The molecule has 4 aromatic carbocycles. The number of rotatable bonds is 7. The summed E-state index contributed by atoms with van der Waals surface area (Å²) in [6.45, 7) is 0. The third-order valence-corrected chi connectivity index (χ3v) is 8.24. The van der Waals surface area contributed by atoms with Crippen molar-refractivity contribution >= 4 is 40.2 Å². The minimum Gasteiger partial charge on any atom is -0.0642 e. The normalized spacial score (nSPS) is 11.1. The molecule has 0 unspecified atom stereocenters. The summed E-state index contributed by atoms with van der Waals surface area (Å²) in [5, 5.41) is 6.34. The van der Waals surface area contributed by atoms with Crippen LogP contribution in [0.5, 0.6) is 0 Å². The highest BCUT2D eigenvalue weighted by Gasteiger charge is 2.14. The van der Waals surface area contributed by atoms with Gasteiger partial charge >= 0.3 is 0 Å². The minimum atomic E-state index is 0.710. The maximum Gasteiger partial charge on any atom is 0.0811 e. The van der Waals surface area contributed by atoms with Gasteiger partial charge in [-0.05, 0) is 27.9 Å². The molecular weight excluding hydrogens is 356 g/mol. The Morgan fingerprint density at radius 1 is 0.556 bits per heavy atom. The van der Waals surface area contributed by atoms with Crippen molar-refractivity contribution in [2.45, 2.75) is 18.0 Å². The summed E-state index contributed by atoms with van der Waals surface area (Å²) in [5.41, 5.74) is 1.45. The quantitative estimate of drug-likeness (QED) is 0.413. The minimum absolute atomic E-state index is 0.710. The van der Waals surface area contributed by atoms with Crippen LogP contribution in [0, 0.1) is 0 Å². The van der Waals surface area contributed by atoms with Crippen LogP contribution in [0.3, 0.4) is 0 Å². The smallest absolute Gasteiger partial charge is 0.0642 e. The van der Waals surface area contributed by atoms with Crippen molar-refractivity contribution in [3.8, 4) is 0 Å². The molecule has 0 fully saturated rings. The van der Waals surface area contributed by atoms with Crippen LogP contribution in [0.1, 0.15) is 12.0 Å². The maximum absolute atomic E-state index is 2.36. The van der Waals surface area contributed by atoms with Crippen LogP contribution >= 0.6 is 0 Å². The molecule has 4 radical (unpaired) electrons. The van der Waals surface area contributed by atoms with Crippen molar-refractivity contribution in [2.24, 2.45) is 0 Å². The summed E-state index contributed by atoms with van der Waals surface area (Å²) in [6.07, 6.45) is 2.38. The molecule has 4 rings (SSSR count).